The fourth-order valence-electron chi connectivity index (χ4n) is 3.18. The topological polar surface area (TPSA) is 62.6 Å². The van der Waals surface area contributed by atoms with E-state index in [4.69, 9.17) is 14.2 Å². The largest absolute Gasteiger partial charge is 0.476 e. The van der Waals surface area contributed by atoms with Crippen LogP contribution < -0.4 is 4.74 Å². The molecule has 1 aliphatic heterocycles. The van der Waals surface area contributed by atoms with Gasteiger partial charge in [0.05, 0.1) is 19.1 Å². The molecule has 1 saturated heterocycles. The number of ether oxygens (including phenoxy) is 3. The van der Waals surface area contributed by atoms with E-state index < -0.39 is 24.0 Å². The summed E-state index contributed by atoms with van der Waals surface area (Å²) in [5.74, 6) is -2.13. The van der Waals surface area contributed by atoms with Crippen LogP contribution in [0, 0.1) is 11.8 Å². The van der Waals surface area contributed by atoms with Crippen molar-refractivity contribution in [3.8, 4) is 5.88 Å². The monoisotopic (exact) mass is 376 g/mol. The van der Waals surface area contributed by atoms with Crippen LogP contribution in [0.15, 0.2) is 6.20 Å². The first kappa shape index (κ1) is 19.0. The van der Waals surface area contributed by atoms with Gasteiger partial charge in [-0.25, -0.2) is 9.48 Å². The number of rotatable bonds is 7. The minimum atomic E-state index is -4.14. The van der Waals surface area contributed by atoms with Crippen molar-refractivity contribution in [2.75, 3.05) is 19.8 Å². The Kier molecular flexibility index (Phi) is 5.74. The average molecular weight is 376 g/mol. The second kappa shape index (κ2) is 7.85. The third-order valence-electron chi connectivity index (χ3n) is 4.71. The first-order chi connectivity index (χ1) is 12.4. The highest BCUT2D eigenvalue weighted by Crippen LogP contribution is 2.51. The average Bonchev–Trinajstić information content (AvgIpc) is 3.27. The molecule has 146 valence electrons. The number of halogens is 3. The predicted octanol–water partition coefficient (Wildman–Crippen LogP) is 3.73. The minimum Gasteiger partial charge on any atom is -0.476 e. The summed E-state index contributed by atoms with van der Waals surface area (Å²) in [6, 6.07) is 0. The van der Waals surface area contributed by atoms with E-state index in [0.29, 0.717) is 6.61 Å². The highest BCUT2D eigenvalue weighted by atomic mass is 19.4. The van der Waals surface area contributed by atoms with Gasteiger partial charge in [-0.1, -0.05) is 0 Å². The van der Waals surface area contributed by atoms with Crippen molar-refractivity contribution in [1.29, 1.82) is 0 Å². The normalized spacial score (nSPS) is 25.8. The van der Waals surface area contributed by atoms with E-state index in [0.717, 1.165) is 19.3 Å². The van der Waals surface area contributed by atoms with Crippen LogP contribution in [-0.2, 0) is 9.47 Å². The second-order valence-corrected chi connectivity index (χ2v) is 6.65. The summed E-state index contributed by atoms with van der Waals surface area (Å²) in [5, 5.41) is 4.27. The third-order valence-corrected chi connectivity index (χ3v) is 4.71. The van der Waals surface area contributed by atoms with Gasteiger partial charge in [-0.2, -0.15) is 13.2 Å². The number of carbonyl (C=O) groups is 1. The lowest BCUT2D eigenvalue weighted by Crippen LogP contribution is -2.18. The molecule has 2 fully saturated rings. The maximum Gasteiger partial charge on any atom is 0.392 e. The quantitative estimate of drug-likeness (QED) is 0.679. The van der Waals surface area contributed by atoms with E-state index in [1.807, 2.05) is 0 Å². The van der Waals surface area contributed by atoms with Crippen LogP contribution in [0.3, 0.4) is 0 Å². The lowest BCUT2D eigenvalue weighted by atomic mass is 10.2. The van der Waals surface area contributed by atoms with Crippen molar-refractivity contribution in [3.63, 3.8) is 0 Å². The first-order valence-corrected chi connectivity index (χ1v) is 8.97. The van der Waals surface area contributed by atoms with Gasteiger partial charge in [0, 0.05) is 12.8 Å². The lowest BCUT2D eigenvalue weighted by molar-refractivity contribution is -0.151. The van der Waals surface area contributed by atoms with Gasteiger partial charge in [0.1, 0.15) is 11.8 Å². The van der Waals surface area contributed by atoms with E-state index in [-0.39, 0.29) is 43.7 Å². The van der Waals surface area contributed by atoms with Crippen LogP contribution >= 0.6 is 0 Å². The first-order valence-electron chi connectivity index (χ1n) is 8.97. The summed E-state index contributed by atoms with van der Waals surface area (Å²) >= 11 is 0. The van der Waals surface area contributed by atoms with Crippen LogP contribution in [0.4, 0.5) is 13.2 Å². The third kappa shape index (κ3) is 4.49. The summed E-state index contributed by atoms with van der Waals surface area (Å²) in [6.45, 7) is 2.60. The van der Waals surface area contributed by atoms with Gasteiger partial charge in [-0.3, -0.25) is 0 Å². The number of hydrogen-bond acceptors (Lipinski definition) is 5. The maximum atomic E-state index is 12.6. The summed E-state index contributed by atoms with van der Waals surface area (Å²) < 4.78 is 55.4. The Morgan fingerprint density at radius 2 is 2.23 bits per heavy atom. The molecular formula is C17H23F3N2O4. The molecule has 26 heavy (non-hydrogen) atoms. The van der Waals surface area contributed by atoms with Crippen molar-refractivity contribution >= 4 is 5.97 Å². The fraction of sp³-hybridized carbons (Fsp3) is 0.765. The molecule has 1 saturated carbocycles. The highest BCUT2D eigenvalue weighted by Gasteiger charge is 2.55. The molecule has 1 aromatic rings. The Bertz CT molecular complexity index is 626. The molecule has 3 unspecified atom stereocenters. The Morgan fingerprint density at radius 3 is 2.85 bits per heavy atom. The standard InChI is InChI=1S/C17H23F3N2O4/c1-2-24-16(23)12-10-22(14-5-3-4-7-25-14)21-15(12)26-8-6-11-9-13(11)17(18,19)20/h10-11,13-14H,2-9H2,1H3. The van der Waals surface area contributed by atoms with E-state index in [1.54, 1.807) is 6.92 Å². The van der Waals surface area contributed by atoms with Crippen LogP contribution in [0.1, 0.15) is 55.6 Å². The minimum absolute atomic E-state index is 0.0756. The van der Waals surface area contributed by atoms with E-state index >= 15 is 0 Å². The molecule has 3 rings (SSSR count). The molecule has 0 N–H and O–H groups in total. The zero-order valence-electron chi connectivity index (χ0n) is 14.6. The summed E-state index contributed by atoms with van der Waals surface area (Å²) in [6.07, 6.45) is 0.288. The van der Waals surface area contributed by atoms with E-state index in [2.05, 4.69) is 5.10 Å². The molecule has 6 nitrogen and oxygen atoms in total. The molecule has 0 aromatic carbocycles. The maximum absolute atomic E-state index is 12.6. The Labute approximate surface area is 149 Å². The van der Waals surface area contributed by atoms with Crippen molar-refractivity contribution in [3.05, 3.63) is 11.8 Å². The van der Waals surface area contributed by atoms with Crippen molar-refractivity contribution in [1.82, 2.24) is 9.78 Å². The number of alkyl halides is 3. The zero-order valence-corrected chi connectivity index (χ0v) is 14.6. The van der Waals surface area contributed by atoms with Crippen molar-refractivity contribution < 1.29 is 32.2 Å². The van der Waals surface area contributed by atoms with Crippen LogP contribution in [0.5, 0.6) is 5.88 Å². The zero-order chi connectivity index (χ0) is 18.7. The van der Waals surface area contributed by atoms with Gasteiger partial charge >= 0.3 is 12.1 Å². The molecule has 0 amide bonds. The molecule has 1 aromatic heterocycles. The van der Waals surface area contributed by atoms with Gasteiger partial charge in [-0.05, 0) is 44.9 Å². The smallest absolute Gasteiger partial charge is 0.392 e. The number of esters is 1. The van der Waals surface area contributed by atoms with Crippen LogP contribution in [-0.4, -0.2) is 41.7 Å². The molecule has 2 aliphatic rings. The van der Waals surface area contributed by atoms with Gasteiger partial charge in [0.25, 0.3) is 0 Å². The molecule has 3 atom stereocenters. The summed E-state index contributed by atoms with van der Waals surface area (Å²) in [4.78, 5) is 12.1. The van der Waals surface area contributed by atoms with Crippen molar-refractivity contribution in [2.24, 2.45) is 11.8 Å². The molecule has 2 heterocycles. The van der Waals surface area contributed by atoms with Gasteiger partial charge in [0.2, 0.25) is 5.88 Å². The van der Waals surface area contributed by atoms with Gasteiger partial charge < -0.3 is 14.2 Å². The lowest BCUT2D eigenvalue weighted by Gasteiger charge is -2.22. The Morgan fingerprint density at radius 1 is 1.42 bits per heavy atom. The van der Waals surface area contributed by atoms with E-state index in [1.165, 1.54) is 10.9 Å². The van der Waals surface area contributed by atoms with Crippen LogP contribution in [0.25, 0.3) is 0 Å². The Balaban J connectivity index is 1.62. The summed E-state index contributed by atoms with van der Waals surface area (Å²) in [5.41, 5.74) is 0.171. The molecule has 1 aliphatic carbocycles. The second-order valence-electron chi connectivity index (χ2n) is 6.65. The summed E-state index contributed by atoms with van der Waals surface area (Å²) in [7, 11) is 0. The number of hydrogen-bond donors (Lipinski definition) is 0. The molecule has 9 heteroatoms. The van der Waals surface area contributed by atoms with Gasteiger partial charge in [-0.15, -0.1) is 5.10 Å². The fourth-order valence-corrected chi connectivity index (χ4v) is 3.18. The van der Waals surface area contributed by atoms with Crippen LogP contribution in [0.2, 0.25) is 0 Å². The number of aromatic nitrogens is 2. The van der Waals surface area contributed by atoms with Gasteiger partial charge in [0.15, 0.2) is 0 Å². The van der Waals surface area contributed by atoms with Crippen molar-refractivity contribution in [2.45, 2.75) is 51.4 Å². The molecular weight excluding hydrogens is 353 g/mol. The molecule has 0 radical (unpaired) electrons. The highest BCUT2D eigenvalue weighted by molar-refractivity contribution is 5.91. The Hall–Kier alpha value is -1.77. The molecule has 0 bridgehead atoms. The SMILES string of the molecule is CCOC(=O)c1cn(C2CCCCO2)nc1OCCC1CC1C(F)(F)F. The number of carbonyl (C=O) groups excluding carboxylic acids is 1. The predicted molar refractivity (Wildman–Crippen MR) is 84.8 cm³/mol. The number of nitrogens with zero attached hydrogens (tertiary/aromatic N) is 2. The molecule has 0 spiro atoms. The van der Waals surface area contributed by atoms with E-state index in [9.17, 15) is 18.0 Å².